The number of hydrogen-bond acceptors (Lipinski definition) is 3. The predicted octanol–water partition coefficient (Wildman–Crippen LogP) is 4.07. The Hall–Kier alpha value is -0.420. The Balaban J connectivity index is 2.07. The van der Waals surface area contributed by atoms with Crippen molar-refractivity contribution in [3.8, 4) is 0 Å². The van der Waals surface area contributed by atoms with Crippen molar-refractivity contribution in [1.29, 1.82) is 0 Å². The van der Waals surface area contributed by atoms with E-state index >= 15 is 0 Å². The molecule has 0 saturated carbocycles. The number of halogens is 1. The third-order valence-corrected chi connectivity index (χ3v) is 4.32. The van der Waals surface area contributed by atoms with Crippen LogP contribution in [0.1, 0.15) is 45.3 Å². The van der Waals surface area contributed by atoms with Crippen molar-refractivity contribution in [2.24, 2.45) is 0 Å². The number of ether oxygens (including phenoxy) is 2. The summed E-state index contributed by atoms with van der Waals surface area (Å²) in [6, 6.07) is 8.32. The normalized spacial score (nSPS) is 18.7. The van der Waals surface area contributed by atoms with Gasteiger partial charge in [-0.15, -0.1) is 0 Å². The van der Waals surface area contributed by atoms with Crippen LogP contribution < -0.4 is 5.32 Å². The highest BCUT2D eigenvalue weighted by atomic mass is 79.9. The van der Waals surface area contributed by atoms with Gasteiger partial charge < -0.3 is 14.8 Å². The van der Waals surface area contributed by atoms with Gasteiger partial charge in [0.05, 0.1) is 12.2 Å². The van der Waals surface area contributed by atoms with E-state index in [2.05, 4.69) is 60.2 Å². The molecule has 118 valence electrons. The average molecular weight is 356 g/mol. The van der Waals surface area contributed by atoms with Gasteiger partial charge >= 0.3 is 0 Å². The monoisotopic (exact) mass is 355 g/mol. The summed E-state index contributed by atoms with van der Waals surface area (Å²) in [6.07, 6.45) is 2.31. The highest BCUT2D eigenvalue weighted by Crippen LogP contribution is 2.29. The summed E-state index contributed by atoms with van der Waals surface area (Å²) < 4.78 is 12.9. The SMILES string of the molecule is CC(C)(C)NCC(OC1CCOCC1)c1ccccc1Br. The van der Waals surface area contributed by atoms with E-state index in [1.807, 2.05) is 6.07 Å². The molecule has 1 aliphatic heterocycles. The van der Waals surface area contributed by atoms with Gasteiger partial charge in [-0.05, 0) is 45.2 Å². The van der Waals surface area contributed by atoms with Gasteiger partial charge in [-0.25, -0.2) is 0 Å². The summed E-state index contributed by atoms with van der Waals surface area (Å²) in [5, 5.41) is 3.56. The fourth-order valence-corrected chi connectivity index (χ4v) is 2.95. The van der Waals surface area contributed by atoms with Crippen LogP contribution in [0.3, 0.4) is 0 Å². The first-order valence-electron chi connectivity index (χ1n) is 7.68. The molecule has 2 rings (SSSR count). The second-order valence-corrected chi connectivity index (χ2v) is 7.44. The molecule has 0 spiro atoms. The van der Waals surface area contributed by atoms with Crippen LogP contribution in [-0.2, 0) is 9.47 Å². The van der Waals surface area contributed by atoms with Crippen LogP contribution in [0.2, 0.25) is 0 Å². The van der Waals surface area contributed by atoms with Gasteiger partial charge in [-0.2, -0.15) is 0 Å². The van der Waals surface area contributed by atoms with Crippen molar-refractivity contribution in [3.63, 3.8) is 0 Å². The molecular formula is C17H26BrNO2. The molecule has 4 heteroatoms. The summed E-state index contributed by atoms with van der Waals surface area (Å²) in [4.78, 5) is 0. The summed E-state index contributed by atoms with van der Waals surface area (Å²) >= 11 is 3.65. The maximum absolute atomic E-state index is 6.38. The molecule has 0 aromatic heterocycles. The lowest BCUT2D eigenvalue weighted by atomic mass is 10.0. The minimum atomic E-state index is 0.0582. The second-order valence-electron chi connectivity index (χ2n) is 6.59. The molecule has 21 heavy (non-hydrogen) atoms. The molecule has 1 saturated heterocycles. The van der Waals surface area contributed by atoms with E-state index in [1.165, 1.54) is 5.56 Å². The van der Waals surface area contributed by atoms with Crippen molar-refractivity contribution in [2.45, 2.75) is 51.4 Å². The third kappa shape index (κ3) is 5.70. The molecule has 3 nitrogen and oxygen atoms in total. The number of nitrogens with one attached hydrogen (secondary N) is 1. The first-order valence-corrected chi connectivity index (χ1v) is 8.48. The molecule has 1 aliphatic rings. The van der Waals surface area contributed by atoms with E-state index in [1.54, 1.807) is 0 Å². The van der Waals surface area contributed by atoms with E-state index in [0.717, 1.165) is 37.1 Å². The van der Waals surface area contributed by atoms with Gasteiger partial charge in [0.25, 0.3) is 0 Å². The van der Waals surface area contributed by atoms with E-state index in [9.17, 15) is 0 Å². The lowest BCUT2D eigenvalue weighted by molar-refractivity contribution is -0.0704. The molecule has 0 radical (unpaired) electrons. The maximum Gasteiger partial charge on any atom is 0.0964 e. The summed E-state index contributed by atoms with van der Waals surface area (Å²) in [6.45, 7) is 8.96. The van der Waals surface area contributed by atoms with Gasteiger partial charge in [0.1, 0.15) is 0 Å². The standard InChI is InChI=1S/C17H26BrNO2/c1-17(2,3)19-12-16(14-6-4-5-7-15(14)18)21-13-8-10-20-11-9-13/h4-7,13,16,19H,8-12H2,1-3H3. The van der Waals surface area contributed by atoms with Gasteiger partial charge in [0, 0.05) is 29.8 Å². The highest BCUT2D eigenvalue weighted by Gasteiger charge is 2.23. The van der Waals surface area contributed by atoms with Crippen LogP contribution in [0.4, 0.5) is 0 Å². The predicted molar refractivity (Wildman–Crippen MR) is 89.6 cm³/mol. The average Bonchev–Trinajstić information content (AvgIpc) is 2.44. The molecule has 1 fully saturated rings. The first kappa shape index (κ1) is 16.9. The first-order chi connectivity index (χ1) is 9.96. The van der Waals surface area contributed by atoms with Crippen LogP contribution in [-0.4, -0.2) is 31.4 Å². The molecule has 0 amide bonds. The summed E-state index contributed by atoms with van der Waals surface area (Å²) in [7, 11) is 0. The Bertz CT molecular complexity index is 439. The molecule has 1 unspecified atom stereocenters. The smallest absolute Gasteiger partial charge is 0.0964 e. The lowest BCUT2D eigenvalue weighted by Gasteiger charge is -2.31. The minimum Gasteiger partial charge on any atom is -0.381 e. The van der Waals surface area contributed by atoms with Crippen molar-refractivity contribution < 1.29 is 9.47 Å². The Morgan fingerprint density at radius 1 is 1.29 bits per heavy atom. The molecule has 1 heterocycles. The molecule has 0 bridgehead atoms. The zero-order valence-electron chi connectivity index (χ0n) is 13.2. The Kier molecular flexibility index (Phi) is 6.23. The van der Waals surface area contributed by atoms with E-state index in [4.69, 9.17) is 9.47 Å². The lowest BCUT2D eigenvalue weighted by Crippen LogP contribution is -2.40. The van der Waals surface area contributed by atoms with Gasteiger partial charge in [0.2, 0.25) is 0 Å². The molecule has 1 aromatic rings. The largest absolute Gasteiger partial charge is 0.381 e. The van der Waals surface area contributed by atoms with Crippen molar-refractivity contribution in [1.82, 2.24) is 5.32 Å². The van der Waals surface area contributed by atoms with Crippen LogP contribution in [0.15, 0.2) is 28.7 Å². The molecule has 1 aromatic carbocycles. The van der Waals surface area contributed by atoms with Crippen molar-refractivity contribution >= 4 is 15.9 Å². The van der Waals surface area contributed by atoms with Gasteiger partial charge in [-0.3, -0.25) is 0 Å². The third-order valence-electron chi connectivity index (χ3n) is 3.59. The van der Waals surface area contributed by atoms with Crippen molar-refractivity contribution in [3.05, 3.63) is 34.3 Å². The zero-order chi connectivity index (χ0) is 15.3. The summed E-state index contributed by atoms with van der Waals surface area (Å²) in [5.74, 6) is 0. The van der Waals surface area contributed by atoms with Crippen LogP contribution in [0, 0.1) is 0 Å². The molecular weight excluding hydrogens is 330 g/mol. The van der Waals surface area contributed by atoms with Gasteiger partial charge in [0.15, 0.2) is 0 Å². The molecule has 1 N–H and O–H groups in total. The fraction of sp³-hybridized carbons (Fsp3) is 0.647. The fourth-order valence-electron chi connectivity index (χ4n) is 2.41. The Labute approximate surface area is 136 Å². The van der Waals surface area contributed by atoms with Crippen LogP contribution >= 0.6 is 15.9 Å². The minimum absolute atomic E-state index is 0.0582. The van der Waals surface area contributed by atoms with E-state index in [0.29, 0.717) is 0 Å². The quantitative estimate of drug-likeness (QED) is 0.863. The summed E-state index contributed by atoms with van der Waals surface area (Å²) in [5.41, 5.74) is 1.29. The Morgan fingerprint density at radius 2 is 1.95 bits per heavy atom. The van der Waals surface area contributed by atoms with Crippen molar-refractivity contribution in [2.75, 3.05) is 19.8 Å². The van der Waals surface area contributed by atoms with Crippen LogP contribution in [0.5, 0.6) is 0 Å². The molecule has 0 aliphatic carbocycles. The number of benzene rings is 1. The van der Waals surface area contributed by atoms with Crippen LogP contribution in [0.25, 0.3) is 0 Å². The zero-order valence-corrected chi connectivity index (χ0v) is 14.8. The second kappa shape index (κ2) is 7.73. The number of hydrogen-bond donors (Lipinski definition) is 1. The van der Waals surface area contributed by atoms with Gasteiger partial charge in [-0.1, -0.05) is 34.1 Å². The van der Waals surface area contributed by atoms with E-state index < -0.39 is 0 Å². The van der Waals surface area contributed by atoms with E-state index in [-0.39, 0.29) is 17.7 Å². The highest BCUT2D eigenvalue weighted by molar-refractivity contribution is 9.10. The number of rotatable bonds is 5. The topological polar surface area (TPSA) is 30.5 Å². The maximum atomic E-state index is 6.38. The molecule has 1 atom stereocenters. The Morgan fingerprint density at radius 3 is 2.57 bits per heavy atom.